The van der Waals surface area contributed by atoms with Crippen LogP contribution in [0.2, 0.25) is 0 Å². The number of anilines is 1. The zero-order valence-electron chi connectivity index (χ0n) is 13.7. The van der Waals surface area contributed by atoms with E-state index in [0.29, 0.717) is 12.6 Å². The van der Waals surface area contributed by atoms with Crippen molar-refractivity contribution >= 4 is 11.7 Å². The Hall–Kier alpha value is -2.47. The first-order chi connectivity index (χ1) is 11.7. The minimum absolute atomic E-state index is 0.261. The van der Waals surface area contributed by atoms with Gasteiger partial charge in [-0.15, -0.1) is 0 Å². The molecular weight excluding hydrogens is 302 g/mol. The van der Waals surface area contributed by atoms with Gasteiger partial charge in [-0.3, -0.25) is 9.69 Å². The lowest BCUT2D eigenvalue weighted by molar-refractivity contribution is -0.119. The molecule has 1 fully saturated rings. The Morgan fingerprint density at radius 1 is 1.21 bits per heavy atom. The Morgan fingerprint density at radius 2 is 1.96 bits per heavy atom. The molecule has 126 valence electrons. The molecule has 1 aromatic carbocycles. The standard InChI is InChI=1S/C18H23N5O/c19-16(24)13-23-10-7-15(8-11-23)21-17-6-9-20-18(22-17)12-14-4-2-1-3-5-14/h1-6,9,15H,7-8,10-13H2,(H2,19,24)(H,20,21,22). The molecule has 0 atom stereocenters. The number of nitrogens with two attached hydrogens (primary N) is 1. The SMILES string of the molecule is NC(=O)CN1CCC(Nc2ccnc(Cc3ccccc3)n2)CC1. The number of nitrogens with zero attached hydrogens (tertiary/aromatic N) is 3. The lowest BCUT2D eigenvalue weighted by Crippen LogP contribution is -2.43. The monoisotopic (exact) mass is 325 g/mol. The largest absolute Gasteiger partial charge is 0.369 e. The molecule has 1 amide bonds. The Morgan fingerprint density at radius 3 is 2.67 bits per heavy atom. The van der Waals surface area contributed by atoms with Crippen molar-refractivity contribution in [3.63, 3.8) is 0 Å². The molecule has 0 aliphatic carbocycles. The molecule has 3 N–H and O–H groups in total. The lowest BCUT2D eigenvalue weighted by atomic mass is 10.1. The maximum Gasteiger partial charge on any atom is 0.231 e. The van der Waals surface area contributed by atoms with Gasteiger partial charge in [0, 0.05) is 31.7 Å². The number of aromatic nitrogens is 2. The van der Waals surface area contributed by atoms with E-state index in [9.17, 15) is 4.79 Å². The number of carbonyl (C=O) groups excluding carboxylic acids is 1. The molecule has 0 unspecified atom stereocenters. The van der Waals surface area contributed by atoms with Crippen LogP contribution in [0.3, 0.4) is 0 Å². The molecule has 0 spiro atoms. The van der Waals surface area contributed by atoms with Crippen LogP contribution in [0, 0.1) is 0 Å². The molecule has 0 bridgehead atoms. The molecule has 24 heavy (non-hydrogen) atoms. The van der Waals surface area contributed by atoms with Crippen LogP contribution in [0.5, 0.6) is 0 Å². The highest BCUT2D eigenvalue weighted by atomic mass is 16.1. The quantitative estimate of drug-likeness (QED) is 0.839. The van der Waals surface area contributed by atoms with Gasteiger partial charge in [0.15, 0.2) is 0 Å². The van der Waals surface area contributed by atoms with Gasteiger partial charge in [-0.2, -0.15) is 0 Å². The zero-order chi connectivity index (χ0) is 16.8. The number of carbonyl (C=O) groups is 1. The number of piperidine rings is 1. The van der Waals surface area contributed by atoms with E-state index < -0.39 is 0 Å². The van der Waals surface area contributed by atoms with Crippen molar-refractivity contribution in [1.29, 1.82) is 0 Å². The maximum absolute atomic E-state index is 11.0. The normalized spacial score (nSPS) is 16.0. The average molecular weight is 325 g/mol. The molecule has 1 aromatic heterocycles. The van der Waals surface area contributed by atoms with Crippen LogP contribution >= 0.6 is 0 Å². The van der Waals surface area contributed by atoms with E-state index in [0.717, 1.165) is 44.0 Å². The van der Waals surface area contributed by atoms with E-state index in [1.54, 1.807) is 6.20 Å². The molecule has 3 rings (SSSR count). The first-order valence-electron chi connectivity index (χ1n) is 8.32. The predicted octanol–water partition coefficient (Wildman–Crippen LogP) is 1.43. The van der Waals surface area contributed by atoms with Gasteiger partial charge in [0.1, 0.15) is 11.6 Å². The van der Waals surface area contributed by atoms with Gasteiger partial charge in [-0.1, -0.05) is 30.3 Å². The summed E-state index contributed by atoms with van der Waals surface area (Å²) in [5.74, 6) is 1.42. The third-order valence-corrected chi connectivity index (χ3v) is 4.23. The molecule has 6 heteroatoms. The van der Waals surface area contributed by atoms with Gasteiger partial charge in [-0.05, 0) is 24.5 Å². The summed E-state index contributed by atoms with van der Waals surface area (Å²) in [6.07, 6.45) is 4.49. The van der Waals surface area contributed by atoms with Crippen LogP contribution in [0.25, 0.3) is 0 Å². The van der Waals surface area contributed by atoms with Crippen LogP contribution in [-0.4, -0.2) is 46.5 Å². The predicted molar refractivity (Wildman–Crippen MR) is 93.6 cm³/mol. The average Bonchev–Trinajstić information content (AvgIpc) is 2.57. The molecule has 6 nitrogen and oxygen atoms in total. The minimum Gasteiger partial charge on any atom is -0.369 e. The Kier molecular flexibility index (Phi) is 5.38. The van der Waals surface area contributed by atoms with Crippen LogP contribution in [0.15, 0.2) is 42.6 Å². The van der Waals surface area contributed by atoms with Gasteiger partial charge in [0.25, 0.3) is 0 Å². The summed E-state index contributed by atoms with van der Waals surface area (Å²) in [7, 11) is 0. The topological polar surface area (TPSA) is 84.1 Å². The van der Waals surface area contributed by atoms with Gasteiger partial charge < -0.3 is 11.1 Å². The fraction of sp³-hybridized carbons (Fsp3) is 0.389. The molecular formula is C18H23N5O. The number of hydrogen-bond donors (Lipinski definition) is 2. The van der Waals surface area contributed by atoms with Crippen LogP contribution in [0.4, 0.5) is 5.82 Å². The van der Waals surface area contributed by atoms with Crippen LogP contribution < -0.4 is 11.1 Å². The summed E-state index contributed by atoms with van der Waals surface area (Å²) in [6.45, 7) is 2.10. The number of primary amides is 1. The van der Waals surface area contributed by atoms with E-state index in [2.05, 4.69) is 32.3 Å². The number of nitrogens with one attached hydrogen (secondary N) is 1. The van der Waals surface area contributed by atoms with E-state index in [1.165, 1.54) is 5.56 Å². The molecule has 1 aliphatic rings. The number of hydrogen-bond acceptors (Lipinski definition) is 5. The van der Waals surface area contributed by atoms with Gasteiger partial charge in [0.2, 0.25) is 5.91 Å². The fourth-order valence-electron chi connectivity index (χ4n) is 3.01. The third-order valence-electron chi connectivity index (χ3n) is 4.23. The van der Waals surface area contributed by atoms with Crippen molar-refractivity contribution in [2.45, 2.75) is 25.3 Å². The highest BCUT2D eigenvalue weighted by molar-refractivity contribution is 5.75. The van der Waals surface area contributed by atoms with Crippen LogP contribution in [-0.2, 0) is 11.2 Å². The van der Waals surface area contributed by atoms with Crippen molar-refractivity contribution in [2.24, 2.45) is 5.73 Å². The molecule has 1 saturated heterocycles. The van der Waals surface area contributed by atoms with E-state index in [-0.39, 0.29) is 5.91 Å². The zero-order valence-corrected chi connectivity index (χ0v) is 13.7. The summed E-state index contributed by atoms with van der Waals surface area (Å²) >= 11 is 0. The molecule has 1 aliphatic heterocycles. The summed E-state index contributed by atoms with van der Waals surface area (Å²) in [6, 6.07) is 12.5. The van der Waals surface area contributed by atoms with Gasteiger partial charge in [-0.25, -0.2) is 9.97 Å². The molecule has 2 heterocycles. The second-order valence-corrected chi connectivity index (χ2v) is 6.18. The maximum atomic E-state index is 11.0. The van der Waals surface area contributed by atoms with Gasteiger partial charge in [0.05, 0.1) is 6.54 Å². The molecule has 0 saturated carbocycles. The Balaban J connectivity index is 1.55. The summed E-state index contributed by atoms with van der Waals surface area (Å²) in [4.78, 5) is 22.1. The van der Waals surface area contributed by atoms with E-state index in [4.69, 9.17) is 5.73 Å². The van der Waals surface area contributed by atoms with E-state index >= 15 is 0 Å². The van der Waals surface area contributed by atoms with Crippen molar-refractivity contribution in [3.05, 3.63) is 54.0 Å². The fourth-order valence-corrected chi connectivity index (χ4v) is 3.01. The van der Waals surface area contributed by atoms with Crippen molar-refractivity contribution < 1.29 is 4.79 Å². The molecule has 2 aromatic rings. The number of likely N-dealkylation sites (tertiary alicyclic amines) is 1. The second-order valence-electron chi connectivity index (χ2n) is 6.18. The van der Waals surface area contributed by atoms with E-state index in [1.807, 2.05) is 24.3 Å². The number of amides is 1. The first-order valence-corrected chi connectivity index (χ1v) is 8.32. The highest BCUT2D eigenvalue weighted by Crippen LogP contribution is 2.15. The van der Waals surface area contributed by atoms with Gasteiger partial charge >= 0.3 is 0 Å². The van der Waals surface area contributed by atoms with Crippen molar-refractivity contribution in [1.82, 2.24) is 14.9 Å². The number of benzene rings is 1. The summed E-state index contributed by atoms with van der Waals surface area (Å²) < 4.78 is 0. The third kappa shape index (κ3) is 4.76. The highest BCUT2D eigenvalue weighted by Gasteiger charge is 2.20. The Bertz CT molecular complexity index is 668. The minimum atomic E-state index is -0.261. The van der Waals surface area contributed by atoms with Crippen molar-refractivity contribution in [2.75, 3.05) is 25.0 Å². The first kappa shape index (κ1) is 16.4. The Labute approximate surface area is 142 Å². The smallest absolute Gasteiger partial charge is 0.231 e. The number of rotatable bonds is 6. The summed E-state index contributed by atoms with van der Waals surface area (Å²) in [5.41, 5.74) is 6.45. The second kappa shape index (κ2) is 7.88. The molecule has 0 radical (unpaired) electrons. The van der Waals surface area contributed by atoms with Crippen molar-refractivity contribution in [3.8, 4) is 0 Å². The van der Waals surface area contributed by atoms with Crippen LogP contribution in [0.1, 0.15) is 24.2 Å². The summed E-state index contributed by atoms with van der Waals surface area (Å²) in [5, 5.41) is 3.49. The lowest BCUT2D eigenvalue weighted by Gasteiger charge is -2.31.